The standard InChI is InChI=1S/C14H21N3O/c1-11-7-6-8-12(2)17(11)16-14(18)15-13-9-4-3-5-10-13/h3-5,9-12H,6-8H2,1-2H3,(H2,15,16,18). The average molecular weight is 247 g/mol. The molecule has 0 radical (unpaired) electrons. The third kappa shape index (κ3) is 3.23. The molecule has 0 spiro atoms. The predicted molar refractivity (Wildman–Crippen MR) is 73.2 cm³/mol. The highest BCUT2D eigenvalue weighted by Gasteiger charge is 2.25. The van der Waals surface area contributed by atoms with Crippen molar-refractivity contribution in [2.75, 3.05) is 5.32 Å². The SMILES string of the molecule is CC1CCCC(C)N1NC(=O)Nc1ccccc1. The lowest BCUT2D eigenvalue weighted by Gasteiger charge is -2.38. The number of nitrogens with zero attached hydrogens (tertiary/aromatic N) is 1. The number of piperidine rings is 1. The first-order valence-corrected chi connectivity index (χ1v) is 6.58. The summed E-state index contributed by atoms with van der Waals surface area (Å²) in [4.78, 5) is 11.9. The van der Waals surface area contributed by atoms with Crippen LogP contribution < -0.4 is 10.7 Å². The molecule has 2 amide bonds. The van der Waals surface area contributed by atoms with Crippen molar-refractivity contribution in [2.24, 2.45) is 0 Å². The van der Waals surface area contributed by atoms with Crippen LogP contribution in [0.1, 0.15) is 33.1 Å². The maximum atomic E-state index is 11.9. The van der Waals surface area contributed by atoms with Crippen LogP contribution >= 0.6 is 0 Å². The van der Waals surface area contributed by atoms with Gasteiger partial charge in [-0.2, -0.15) is 0 Å². The first kappa shape index (κ1) is 12.9. The van der Waals surface area contributed by atoms with E-state index in [0.29, 0.717) is 12.1 Å². The topological polar surface area (TPSA) is 44.4 Å². The number of hydrogen-bond acceptors (Lipinski definition) is 2. The number of amides is 2. The molecule has 1 saturated heterocycles. The molecule has 1 heterocycles. The van der Waals surface area contributed by atoms with E-state index in [1.807, 2.05) is 30.3 Å². The van der Waals surface area contributed by atoms with E-state index in [1.165, 1.54) is 6.42 Å². The van der Waals surface area contributed by atoms with E-state index in [1.54, 1.807) is 0 Å². The highest BCUT2D eigenvalue weighted by atomic mass is 16.2. The van der Waals surface area contributed by atoms with E-state index >= 15 is 0 Å². The number of anilines is 1. The van der Waals surface area contributed by atoms with Gasteiger partial charge in [-0.05, 0) is 38.8 Å². The van der Waals surface area contributed by atoms with Crippen LogP contribution in [0, 0.1) is 0 Å². The van der Waals surface area contributed by atoms with E-state index in [0.717, 1.165) is 18.5 Å². The number of benzene rings is 1. The quantitative estimate of drug-likeness (QED) is 0.843. The Bertz CT molecular complexity index is 383. The summed E-state index contributed by atoms with van der Waals surface area (Å²) >= 11 is 0. The zero-order valence-corrected chi connectivity index (χ0v) is 11.0. The molecule has 0 aliphatic carbocycles. The highest BCUT2D eigenvalue weighted by Crippen LogP contribution is 2.20. The van der Waals surface area contributed by atoms with Crippen LogP contribution in [0.15, 0.2) is 30.3 Å². The maximum absolute atomic E-state index is 11.9. The fourth-order valence-electron chi connectivity index (χ4n) is 2.44. The summed E-state index contributed by atoms with van der Waals surface area (Å²) in [6.07, 6.45) is 3.51. The van der Waals surface area contributed by atoms with E-state index in [2.05, 4.69) is 29.6 Å². The number of urea groups is 1. The van der Waals surface area contributed by atoms with E-state index in [9.17, 15) is 4.79 Å². The van der Waals surface area contributed by atoms with Crippen molar-refractivity contribution in [1.29, 1.82) is 0 Å². The van der Waals surface area contributed by atoms with Crippen LogP contribution in [-0.4, -0.2) is 23.1 Å². The van der Waals surface area contributed by atoms with Gasteiger partial charge in [-0.25, -0.2) is 9.80 Å². The number of para-hydroxylation sites is 1. The smallest absolute Gasteiger partial charge is 0.307 e. The van der Waals surface area contributed by atoms with Gasteiger partial charge in [-0.3, -0.25) is 5.43 Å². The predicted octanol–water partition coefficient (Wildman–Crippen LogP) is 2.99. The molecule has 0 aromatic heterocycles. The van der Waals surface area contributed by atoms with Gasteiger partial charge in [0.1, 0.15) is 0 Å². The van der Waals surface area contributed by atoms with Crippen molar-refractivity contribution in [3.05, 3.63) is 30.3 Å². The molecule has 98 valence electrons. The lowest BCUT2D eigenvalue weighted by Crippen LogP contribution is -2.55. The van der Waals surface area contributed by atoms with Gasteiger partial charge in [-0.15, -0.1) is 0 Å². The summed E-state index contributed by atoms with van der Waals surface area (Å²) in [7, 11) is 0. The van der Waals surface area contributed by atoms with Crippen LogP contribution in [0.3, 0.4) is 0 Å². The zero-order chi connectivity index (χ0) is 13.0. The van der Waals surface area contributed by atoms with Crippen molar-refractivity contribution in [3.8, 4) is 0 Å². The minimum Gasteiger partial charge on any atom is -0.307 e. The molecule has 2 N–H and O–H groups in total. The molecule has 0 saturated carbocycles. The van der Waals surface area contributed by atoms with Crippen LogP contribution in [0.25, 0.3) is 0 Å². The van der Waals surface area contributed by atoms with Crippen molar-refractivity contribution in [2.45, 2.75) is 45.2 Å². The summed E-state index contributed by atoms with van der Waals surface area (Å²) in [6, 6.07) is 10.1. The van der Waals surface area contributed by atoms with Gasteiger partial charge in [-0.1, -0.05) is 24.6 Å². The lowest BCUT2D eigenvalue weighted by atomic mass is 10.00. The molecule has 4 nitrogen and oxygen atoms in total. The van der Waals surface area contributed by atoms with Crippen LogP contribution in [0.2, 0.25) is 0 Å². The van der Waals surface area contributed by atoms with Crippen LogP contribution in [-0.2, 0) is 0 Å². The Morgan fingerprint density at radius 2 is 1.78 bits per heavy atom. The second-order valence-electron chi connectivity index (χ2n) is 4.97. The Kier molecular flexibility index (Phi) is 4.20. The molecule has 1 aliphatic rings. The van der Waals surface area contributed by atoms with Gasteiger partial charge in [0, 0.05) is 17.8 Å². The number of hydrogen-bond donors (Lipinski definition) is 2. The number of carbonyl (C=O) groups is 1. The van der Waals surface area contributed by atoms with Crippen molar-refractivity contribution >= 4 is 11.7 Å². The van der Waals surface area contributed by atoms with Gasteiger partial charge >= 0.3 is 6.03 Å². The Morgan fingerprint density at radius 3 is 2.39 bits per heavy atom. The molecule has 2 atom stereocenters. The normalized spacial score (nSPS) is 24.6. The molecule has 0 bridgehead atoms. The average Bonchev–Trinajstić information content (AvgIpc) is 2.35. The molecule has 4 heteroatoms. The molecular formula is C14H21N3O. The lowest BCUT2D eigenvalue weighted by molar-refractivity contribution is 0.0625. The molecule has 2 unspecified atom stereocenters. The summed E-state index contributed by atoms with van der Waals surface area (Å²) < 4.78 is 0. The second-order valence-corrected chi connectivity index (χ2v) is 4.97. The van der Waals surface area contributed by atoms with E-state index < -0.39 is 0 Å². The molecule has 1 aromatic rings. The fourth-order valence-corrected chi connectivity index (χ4v) is 2.44. The summed E-state index contributed by atoms with van der Waals surface area (Å²) in [5, 5.41) is 4.90. The molecule has 1 aromatic carbocycles. The molecule has 2 rings (SSSR count). The molecular weight excluding hydrogens is 226 g/mol. The number of carbonyl (C=O) groups excluding carboxylic acids is 1. The van der Waals surface area contributed by atoms with Gasteiger partial charge in [0.05, 0.1) is 0 Å². The van der Waals surface area contributed by atoms with Gasteiger partial charge < -0.3 is 5.32 Å². The monoisotopic (exact) mass is 247 g/mol. The summed E-state index contributed by atoms with van der Waals surface area (Å²) in [5.41, 5.74) is 3.76. The van der Waals surface area contributed by atoms with Gasteiger partial charge in [0.15, 0.2) is 0 Å². The van der Waals surface area contributed by atoms with E-state index in [4.69, 9.17) is 0 Å². The van der Waals surface area contributed by atoms with E-state index in [-0.39, 0.29) is 6.03 Å². The fraction of sp³-hybridized carbons (Fsp3) is 0.500. The largest absolute Gasteiger partial charge is 0.333 e. The van der Waals surface area contributed by atoms with Crippen molar-refractivity contribution in [1.82, 2.24) is 10.4 Å². The minimum absolute atomic E-state index is 0.165. The summed E-state index contributed by atoms with van der Waals surface area (Å²) in [6.45, 7) is 4.30. The van der Waals surface area contributed by atoms with Crippen LogP contribution in [0.4, 0.5) is 10.5 Å². The molecule has 1 fully saturated rings. The maximum Gasteiger partial charge on any atom is 0.333 e. The highest BCUT2D eigenvalue weighted by molar-refractivity contribution is 5.88. The van der Waals surface area contributed by atoms with Crippen LogP contribution in [0.5, 0.6) is 0 Å². The number of nitrogens with one attached hydrogen (secondary N) is 2. The zero-order valence-electron chi connectivity index (χ0n) is 11.0. The first-order chi connectivity index (χ1) is 8.66. The Hall–Kier alpha value is -1.55. The Labute approximate surface area is 108 Å². The van der Waals surface area contributed by atoms with Gasteiger partial charge in [0.25, 0.3) is 0 Å². The third-order valence-electron chi connectivity index (χ3n) is 3.46. The Morgan fingerprint density at radius 1 is 1.17 bits per heavy atom. The number of rotatable bonds is 2. The number of hydrazine groups is 1. The summed E-state index contributed by atoms with van der Waals surface area (Å²) in [5.74, 6) is 0. The van der Waals surface area contributed by atoms with Crippen molar-refractivity contribution in [3.63, 3.8) is 0 Å². The Balaban J connectivity index is 1.90. The molecule has 1 aliphatic heterocycles. The van der Waals surface area contributed by atoms with Crippen molar-refractivity contribution < 1.29 is 4.79 Å². The molecule has 18 heavy (non-hydrogen) atoms. The first-order valence-electron chi connectivity index (χ1n) is 6.58. The van der Waals surface area contributed by atoms with Gasteiger partial charge in [0.2, 0.25) is 0 Å². The second kappa shape index (κ2) is 5.87. The minimum atomic E-state index is -0.165. The third-order valence-corrected chi connectivity index (χ3v) is 3.46.